The fourth-order valence-corrected chi connectivity index (χ4v) is 7.85. The maximum Gasteiger partial charge on any atom is 0.238 e. The van der Waals surface area contributed by atoms with Gasteiger partial charge in [-0.05, 0) is 30.3 Å². The van der Waals surface area contributed by atoms with Crippen molar-refractivity contribution in [3.8, 4) is 28.7 Å². The Morgan fingerprint density at radius 3 is 2.04 bits per heavy atom. The Bertz CT molecular complexity index is 2770. The van der Waals surface area contributed by atoms with Crippen molar-refractivity contribution in [2.45, 2.75) is 0 Å². The highest BCUT2D eigenvalue weighted by molar-refractivity contribution is 7.26. The molecule has 0 saturated heterocycles. The summed E-state index contributed by atoms with van der Waals surface area (Å²) < 4.78 is 11.0. The summed E-state index contributed by atoms with van der Waals surface area (Å²) in [5.41, 5.74) is 5.64. The zero-order chi connectivity index (χ0) is 29.5. The van der Waals surface area contributed by atoms with Gasteiger partial charge in [0, 0.05) is 48.1 Å². The fourth-order valence-electron chi connectivity index (χ4n) is 6.61. The summed E-state index contributed by atoms with van der Waals surface area (Å²) in [6.07, 6.45) is 0. The number of rotatable bonds is 3. The van der Waals surface area contributed by atoms with Gasteiger partial charge in [0.05, 0.1) is 15.7 Å². The Morgan fingerprint density at radius 2 is 1.16 bits per heavy atom. The fraction of sp³-hybridized carbons (Fsp3) is 0. The molecule has 0 unspecified atom stereocenters. The van der Waals surface area contributed by atoms with E-state index >= 15 is 0 Å². The lowest BCUT2D eigenvalue weighted by molar-refractivity contribution is 0.669. The molecule has 210 valence electrons. The highest BCUT2D eigenvalue weighted by Crippen LogP contribution is 2.43. The van der Waals surface area contributed by atoms with Crippen LogP contribution in [-0.2, 0) is 0 Å². The Kier molecular flexibility index (Phi) is 5.09. The second-order valence-electron chi connectivity index (χ2n) is 11.2. The molecule has 0 fully saturated rings. The van der Waals surface area contributed by atoms with E-state index in [-0.39, 0.29) is 0 Å². The second kappa shape index (κ2) is 9.32. The van der Waals surface area contributed by atoms with E-state index in [2.05, 4.69) is 83.4 Å². The maximum absolute atomic E-state index is 6.25. The van der Waals surface area contributed by atoms with E-state index in [9.17, 15) is 0 Å². The van der Waals surface area contributed by atoms with Gasteiger partial charge < -0.3 is 4.42 Å². The third-order valence-corrected chi connectivity index (χ3v) is 9.87. The molecular formula is C39H22N4OS. The lowest BCUT2D eigenvalue weighted by Gasteiger charge is -2.11. The average Bonchev–Trinajstić information content (AvgIpc) is 3.77. The van der Waals surface area contributed by atoms with Crippen molar-refractivity contribution in [2.75, 3.05) is 0 Å². The SMILES string of the molecule is c1ccc(-c2nc(-c3ccc4c(c3)oc3ccccc34)nc(-n3c4ccccc4c4ccc5c6ccccc6sc5c43)n2)cc1. The van der Waals surface area contributed by atoms with Gasteiger partial charge in [-0.3, -0.25) is 4.57 Å². The van der Waals surface area contributed by atoms with E-state index in [1.165, 1.54) is 30.9 Å². The van der Waals surface area contributed by atoms with Crippen LogP contribution in [0.15, 0.2) is 138 Å². The lowest BCUT2D eigenvalue weighted by Crippen LogP contribution is -2.06. The minimum atomic E-state index is 0.583. The van der Waals surface area contributed by atoms with Crippen LogP contribution in [0.2, 0.25) is 0 Å². The highest BCUT2D eigenvalue weighted by Gasteiger charge is 2.21. The molecule has 6 aromatic carbocycles. The first-order valence-electron chi connectivity index (χ1n) is 14.9. The summed E-state index contributed by atoms with van der Waals surface area (Å²) >= 11 is 1.82. The molecule has 0 amide bonds. The van der Waals surface area contributed by atoms with E-state index in [0.29, 0.717) is 17.6 Å². The standard InChI is InChI=1S/C39H22N4OS/c1-2-10-23(11-3-1)37-40-38(24-18-19-27-26-13-5-8-16-32(26)44-33(27)22-24)42-39(41-37)43-31-15-7-4-12-25(31)29-20-21-30-28-14-6-9-17-34(28)45-36(30)35(29)43/h1-22H. The number of hydrogen-bond acceptors (Lipinski definition) is 5. The van der Waals surface area contributed by atoms with E-state index in [4.69, 9.17) is 19.4 Å². The van der Waals surface area contributed by atoms with Crippen LogP contribution >= 0.6 is 11.3 Å². The number of para-hydroxylation sites is 2. The summed E-state index contributed by atoms with van der Waals surface area (Å²) in [5, 5.41) is 7.01. The molecule has 6 heteroatoms. The van der Waals surface area contributed by atoms with Crippen molar-refractivity contribution >= 4 is 75.3 Å². The third kappa shape index (κ3) is 3.63. The largest absolute Gasteiger partial charge is 0.456 e. The van der Waals surface area contributed by atoms with Crippen LogP contribution in [0.5, 0.6) is 0 Å². The molecule has 0 aliphatic carbocycles. The average molecular weight is 595 g/mol. The van der Waals surface area contributed by atoms with Gasteiger partial charge in [-0.2, -0.15) is 9.97 Å². The Hall–Kier alpha value is -5.85. The predicted molar refractivity (Wildman–Crippen MR) is 185 cm³/mol. The topological polar surface area (TPSA) is 56.7 Å². The number of benzene rings is 6. The van der Waals surface area contributed by atoms with Crippen LogP contribution in [0, 0.1) is 0 Å². The van der Waals surface area contributed by atoms with Gasteiger partial charge in [0.1, 0.15) is 11.2 Å². The van der Waals surface area contributed by atoms with Crippen molar-refractivity contribution in [2.24, 2.45) is 0 Å². The third-order valence-electron chi connectivity index (χ3n) is 8.67. The summed E-state index contributed by atoms with van der Waals surface area (Å²) in [7, 11) is 0. The van der Waals surface area contributed by atoms with Crippen molar-refractivity contribution in [3.05, 3.63) is 133 Å². The summed E-state index contributed by atoms with van der Waals surface area (Å²) in [4.78, 5) is 15.4. The minimum Gasteiger partial charge on any atom is -0.456 e. The molecule has 0 atom stereocenters. The number of fused-ring (bicyclic) bond motifs is 10. The number of furan rings is 1. The molecule has 10 rings (SSSR count). The van der Waals surface area contributed by atoms with Gasteiger partial charge >= 0.3 is 0 Å². The molecule has 4 heterocycles. The molecule has 0 aliphatic heterocycles. The Balaban J connectivity index is 1.30. The van der Waals surface area contributed by atoms with Crippen LogP contribution in [0.1, 0.15) is 0 Å². The first-order chi connectivity index (χ1) is 22.3. The molecule has 0 spiro atoms. The predicted octanol–water partition coefficient (Wildman–Crippen LogP) is 10.6. The quantitative estimate of drug-likeness (QED) is 0.204. The van der Waals surface area contributed by atoms with Crippen molar-refractivity contribution in [1.29, 1.82) is 0 Å². The van der Waals surface area contributed by atoms with E-state index in [1.54, 1.807) is 0 Å². The second-order valence-corrected chi connectivity index (χ2v) is 12.3. The van der Waals surface area contributed by atoms with Crippen LogP contribution in [-0.4, -0.2) is 19.5 Å². The lowest BCUT2D eigenvalue weighted by atomic mass is 10.1. The van der Waals surface area contributed by atoms with Crippen molar-refractivity contribution in [1.82, 2.24) is 19.5 Å². The normalized spacial score (nSPS) is 12.0. The molecule has 0 radical (unpaired) electrons. The minimum absolute atomic E-state index is 0.583. The number of hydrogen-bond donors (Lipinski definition) is 0. The number of aromatic nitrogens is 4. The highest BCUT2D eigenvalue weighted by atomic mass is 32.1. The monoisotopic (exact) mass is 594 g/mol. The van der Waals surface area contributed by atoms with Gasteiger partial charge in [0.2, 0.25) is 5.95 Å². The zero-order valence-electron chi connectivity index (χ0n) is 23.8. The van der Waals surface area contributed by atoms with Crippen LogP contribution in [0.3, 0.4) is 0 Å². The van der Waals surface area contributed by atoms with Gasteiger partial charge in [-0.15, -0.1) is 11.3 Å². The van der Waals surface area contributed by atoms with E-state index < -0.39 is 0 Å². The van der Waals surface area contributed by atoms with Gasteiger partial charge in [-0.1, -0.05) is 103 Å². The molecular weight excluding hydrogens is 573 g/mol. The van der Waals surface area contributed by atoms with Gasteiger partial charge in [0.15, 0.2) is 11.6 Å². The Labute approximate surface area is 260 Å². The summed E-state index contributed by atoms with van der Waals surface area (Å²) in [5.74, 6) is 1.80. The van der Waals surface area contributed by atoms with Crippen LogP contribution in [0.4, 0.5) is 0 Å². The Morgan fingerprint density at radius 1 is 0.489 bits per heavy atom. The van der Waals surface area contributed by atoms with Gasteiger partial charge in [0.25, 0.3) is 0 Å². The maximum atomic E-state index is 6.25. The first kappa shape index (κ1) is 24.6. The number of nitrogens with zero attached hydrogens (tertiary/aromatic N) is 4. The molecule has 5 nitrogen and oxygen atoms in total. The zero-order valence-corrected chi connectivity index (χ0v) is 24.6. The summed E-state index contributed by atoms with van der Waals surface area (Å²) in [6.45, 7) is 0. The van der Waals surface area contributed by atoms with Crippen LogP contribution < -0.4 is 0 Å². The van der Waals surface area contributed by atoms with E-state index in [1.807, 2.05) is 65.9 Å². The molecule has 0 aliphatic rings. The van der Waals surface area contributed by atoms with Crippen molar-refractivity contribution in [3.63, 3.8) is 0 Å². The van der Waals surface area contributed by atoms with Crippen molar-refractivity contribution < 1.29 is 4.42 Å². The molecule has 0 N–H and O–H groups in total. The van der Waals surface area contributed by atoms with Gasteiger partial charge in [-0.25, -0.2) is 4.98 Å². The number of thiophene rings is 1. The molecule has 0 saturated carbocycles. The van der Waals surface area contributed by atoms with Crippen LogP contribution in [0.25, 0.3) is 92.6 Å². The molecule has 4 aromatic heterocycles. The molecule has 45 heavy (non-hydrogen) atoms. The molecule has 10 aromatic rings. The van der Waals surface area contributed by atoms with E-state index in [0.717, 1.165) is 44.1 Å². The smallest absolute Gasteiger partial charge is 0.238 e. The molecule has 0 bridgehead atoms. The first-order valence-corrected chi connectivity index (χ1v) is 15.7. The summed E-state index contributed by atoms with van der Waals surface area (Å²) in [6, 6.07) is 46.1.